The lowest BCUT2D eigenvalue weighted by molar-refractivity contribution is 0.159. The lowest BCUT2D eigenvalue weighted by Crippen LogP contribution is -2.15. The van der Waals surface area contributed by atoms with E-state index in [1.165, 1.54) is 0 Å². The van der Waals surface area contributed by atoms with Gasteiger partial charge in [-0.3, -0.25) is 0 Å². The maximum absolute atomic E-state index is 10.5. The van der Waals surface area contributed by atoms with Gasteiger partial charge in [0.1, 0.15) is 0 Å². The van der Waals surface area contributed by atoms with Gasteiger partial charge < -0.3 is 9.82 Å². The lowest BCUT2D eigenvalue weighted by atomic mass is 10.9. The summed E-state index contributed by atoms with van der Waals surface area (Å²) in [5.74, 6) is 0. The fourth-order valence-electron chi connectivity index (χ4n) is 0.328. The predicted octanol–water partition coefficient (Wildman–Crippen LogP) is 1.35. The van der Waals surface area contributed by atoms with Crippen LogP contribution in [0.25, 0.3) is 0 Å². The highest BCUT2D eigenvalue weighted by Crippen LogP contribution is 2.00. The van der Waals surface area contributed by atoms with Gasteiger partial charge in [-0.05, 0) is 21.8 Å². The van der Waals surface area contributed by atoms with Gasteiger partial charge in [0, 0.05) is 0 Å². The topological polar surface area (TPSA) is 38.3 Å². The Balaban J connectivity index is 3.06. The first kappa shape index (κ1) is 8.70. The van der Waals surface area contributed by atoms with E-state index in [2.05, 4.69) is 9.82 Å². The molecule has 0 heterocycles. The van der Waals surface area contributed by atoms with Crippen LogP contribution in [0.4, 0.5) is 4.79 Å². The molecule has 1 atom stereocenters. The Labute approximate surface area is 57.0 Å². The van der Waals surface area contributed by atoms with E-state index < -0.39 is 0 Å². The summed E-state index contributed by atoms with van der Waals surface area (Å²) < 4.78 is 4.60. The van der Waals surface area contributed by atoms with Crippen LogP contribution in [0.1, 0.15) is 13.8 Å². The van der Waals surface area contributed by atoms with E-state index >= 15 is 0 Å². The third kappa shape index (κ3) is 5.57. The molecule has 0 bridgehead atoms. The summed E-state index contributed by atoms with van der Waals surface area (Å²) in [7, 11) is 0.481. The molecule has 0 saturated heterocycles. The monoisotopic (exact) mass is 149 g/mol. The SMILES string of the molecule is CCOC(=O)NPCC. The minimum absolute atomic E-state index is 0.308. The molecule has 0 fully saturated rings. The van der Waals surface area contributed by atoms with Crippen LogP contribution in [0.3, 0.4) is 0 Å². The van der Waals surface area contributed by atoms with Gasteiger partial charge in [-0.2, -0.15) is 0 Å². The molecule has 0 saturated carbocycles. The maximum Gasteiger partial charge on any atom is 0.410 e. The van der Waals surface area contributed by atoms with Crippen molar-refractivity contribution >= 4 is 14.8 Å². The van der Waals surface area contributed by atoms with Crippen LogP contribution < -0.4 is 5.09 Å². The Hall–Kier alpha value is -0.300. The van der Waals surface area contributed by atoms with Crippen molar-refractivity contribution in [2.45, 2.75) is 13.8 Å². The number of hydrogen-bond acceptors (Lipinski definition) is 2. The van der Waals surface area contributed by atoms with E-state index in [-0.39, 0.29) is 6.09 Å². The van der Waals surface area contributed by atoms with Gasteiger partial charge in [-0.25, -0.2) is 4.79 Å². The average molecular weight is 149 g/mol. The molecule has 0 radical (unpaired) electrons. The van der Waals surface area contributed by atoms with E-state index in [9.17, 15) is 4.79 Å². The van der Waals surface area contributed by atoms with Crippen molar-refractivity contribution in [1.82, 2.24) is 5.09 Å². The predicted molar refractivity (Wildman–Crippen MR) is 39.0 cm³/mol. The van der Waals surface area contributed by atoms with Crippen LogP contribution >= 0.6 is 8.73 Å². The molecule has 54 valence electrons. The summed E-state index contributed by atoms with van der Waals surface area (Å²) in [6.45, 7) is 4.24. The Morgan fingerprint density at radius 1 is 1.67 bits per heavy atom. The van der Waals surface area contributed by atoms with E-state index in [4.69, 9.17) is 0 Å². The Kier molecular flexibility index (Phi) is 5.64. The largest absolute Gasteiger partial charge is 0.450 e. The molecule has 0 aromatic heterocycles. The van der Waals surface area contributed by atoms with Crippen LogP contribution in [0.15, 0.2) is 0 Å². The summed E-state index contributed by atoms with van der Waals surface area (Å²) in [5, 5.41) is 2.60. The number of nitrogens with one attached hydrogen (secondary N) is 1. The summed E-state index contributed by atoms with van der Waals surface area (Å²) in [5.41, 5.74) is 0. The highest BCUT2D eigenvalue weighted by atomic mass is 31.1. The number of carbonyl (C=O) groups excluding carboxylic acids is 1. The van der Waals surface area contributed by atoms with E-state index in [0.29, 0.717) is 15.3 Å². The smallest absolute Gasteiger partial charge is 0.410 e. The molecule has 0 aliphatic heterocycles. The number of carbonyl (C=O) groups is 1. The molecule has 1 unspecified atom stereocenters. The molecule has 0 aromatic carbocycles. The second-order valence-electron chi connectivity index (χ2n) is 1.38. The summed E-state index contributed by atoms with van der Waals surface area (Å²) in [4.78, 5) is 10.5. The van der Waals surface area contributed by atoms with Gasteiger partial charge in [0.2, 0.25) is 0 Å². The van der Waals surface area contributed by atoms with Crippen LogP contribution in [0.2, 0.25) is 0 Å². The second-order valence-corrected chi connectivity index (χ2v) is 2.69. The number of rotatable bonds is 3. The highest BCUT2D eigenvalue weighted by Gasteiger charge is 1.94. The Morgan fingerprint density at radius 2 is 2.33 bits per heavy atom. The molecule has 4 heteroatoms. The Bertz CT molecular complexity index is 87.0. The molecular weight excluding hydrogens is 137 g/mol. The molecule has 0 aliphatic rings. The van der Waals surface area contributed by atoms with Crippen LogP contribution in [0, 0.1) is 0 Å². The average Bonchev–Trinajstić information content (AvgIpc) is 1.85. The van der Waals surface area contributed by atoms with Crippen molar-refractivity contribution < 1.29 is 9.53 Å². The first-order chi connectivity index (χ1) is 4.31. The zero-order chi connectivity index (χ0) is 7.11. The molecule has 0 spiro atoms. The van der Waals surface area contributed by atoms with Gasteiger partial charge in [-0.1, -0.05) is 6.92 Å². The van der Waals surface area contributed by atoms with Crippen molar-refractivity contribution in [2.24, 2.45) is 0 Å². The fourth-order valence-corrected chi connectivity index (χ4v) is 0.721. The van der Waals surface area contributed by atoms with E-state index in [1.807, 2.05) is 6.92 Å². The van der Waals surface area contributed by atoms with Crippen molar-refractivity contribution in [3.63, 3.8) is 0 Å². The van der Waals surface area contributed by atoms with Crippen molar-refractivity contribution in [2.75, 3.05) is 12.8 Å². The zero-order valence-corrected chi connectivity index (χ0v) is 6.73. The number of hydrogen-bond donors (Lipinski definition) is 1. The van der Waals surface area contributed by atoms with Crippen LogP contribution in [-0.4, -0.2) is 18.9 Å². The maximum atomic E-state index is 10.5. The Morgan fingerprint density at radius 3 is 2.78 bits per heavy atom. The first-order valence-electron chi connectivity index (χ1n) is 2.96. The van der Waals surface area contributed by atoms with Gasteiger partial charge in [0.15, 0.2) is 0 Å². The molecule has 0 rings (SSSR count). The molecule has 1 N–H and O–H groups in total. The quantitative estimate of drug-likeness (QED) is 0.615. The standard InChI is InChI=1S/C5H12NO2P/c1-3-8-5(7)6-9-4-2/h9H,3-4H2,1-2H3,(H,6,7). The third-order valence-corrected chi connectivity index (χ3v) is 1.38. The molecule has 0 aliphatic carbocycles. The van der Waals surface area contributed by atoms with Crippen LogP contribution in [0.5, 0.6) is 0 Å². The van der Waals surface area contributed by atoms with Gasteiger partial charge in [0.05, 0.1) is 6.61 Å². The van der Waals surface area contributed by atoms with Gasteiger partial charge >= 0.3 is 6.09 Å². The summed E-state index contributed by atoms with van der Waals surface area (Å²) in [6.07, 6.45) is 0.663. The first-order valence-corrected chi connectivity index (χ1v) is 4.17. The van der Waals surface area contributed by atoms with E-state index in [1.54, 1.807) is 6.92 Å². The zero-order valence-electron chi connectivity index (χ0n) is 5.73. The molecule has 9 heavy (non-hydrogen) atoms. The lowest BCUT2D eigenvalue weighted by Gasteiger charge is -2.01. The summed E-state index contributed by atoms with van der Waals surface area (Å²) >= 11 is 0. The number of ether oxygens (including phenoxy) is 1. The molecular formula is C5H12NO2P. The molecule has 1 amide bonds. The van der Waals surface area contributed by atoms with Crippen molar-refractivity contribution in [3.8, 4) is 0 Å². The van der Waals surface area contributed by atoms with Gasteiger partial charge in [0.25, 0.3) is 0 Å². The van der Waals surface area contributed by atoms with Gasteiger partial charge in [-0.15, -0.1) is 0 Å². The van der Waals surface area contributed by atoms with E-state index in [0.717, 1.165) is 6.16 Å². The van der Waals surface area contributed by atoms with Crippen molar-refractivity contribution in [1.29, 1.82) is 0 Å². The highest BCUT2D eigenvalue weighted by molar-refractivity contribution is 7.36. The van der Waals surface area contributed by atoms with Crippen molar-refractivity contribution in [3.05, 3.63) is 0 Å². The number of amides is 1. The minimum atomic E-state index is -0.308. The minimum Gasteiger partial charge on any atom is -0.450 e. The third-order valence-electron chi connectivity index (χ3n) is 0.643. The molecule has 3 nitrogen and oxygen atoms in total. The normalized spacial score (nSPS) is 10.0. The molecule has 0 aromatic rings. The second kappa shape index (κ2) is 5.83. The fraction of sp³-hybridized carbons (Fsp3) is 0.800. The summed E-state index contributed by atoms with van der Waals surface area (Å²) in [6, 6.07) is 0. The van der Waals surface area contributed by atoms with Crippen LogP contribution in [-0.2, 0) is 4.74 Å².